The summed E-state index contributed by atoms with van der Waals surface area (Å²) in [4.78, 5) is 4.01. The second-order valence-electron chi connectivity index (χ2n) is 5.69. The van der Waals surface area contributed by atoms with Crippen LogP contribution < -0.4 is 10.1 Å². The Labute approximate surface area is 164 Å². The number of ether oxygens (including phenoxy) is 1. The summed E-state index contributed by atoms with van der Waals surface area (Å²) in [6, 6.07) is 19.5. The molecule has 0 fully saturated rings. The molecule has 0 radical (unpaired) electrons. The molecule has 2 aromatic heterocycles. The molecule has 0 atom stereocenters. The van der Waals surface area contributed by atoms with E-state index in [9.17, 15) is 0 Å². The number of benzene rings is 2. The predicted octanol–water partition coefficient (Wildman–Crippen LogP) is 5.22. The quantitative estimate of drug-likeness (QED) is 0.459. The van der Waals surface area contributed by atoms with Gasteiger partial charge in [0.05, 0.1) is 5.56 Å². The van der Waals surface area contributed by atoms with Crippen molar-refractivity contribution in [3.8, 4) is 17.2 Å². The molecule has 0 aliphatic rings. The van der Waals surface area contributed by atoms with Crippen LogP contribution >= 0.6 is 15.9 Å². The molecular formula is C20H15BrN4O2. The summed E-state index contributed by atoms with van der Waals surface area (Å²) in [5.74, 6) is 1.03. The normalized spacial score (nSPS) is 10.6. The van der Waals surface area contributed by atoms with E-state index >= 15 is 0 Å². The highest BCUT2D eigenvalue weighted by molar-refractivity contribution is 9.10. The Balaban J connectivity index is 1.57. The Kier molecular flexibility index (Phi) is 5.11. The van der Waals surface area contributed by atoms with Gasteiger partial charge in [0.1, 0.15) is 12.4 Å². The molecule has 0 spiro atoms. The Hall–Kier alpha value is -3.19. The van der Waals surface area contributed by atoms with Gasteiger partial charge in [-0.05, 0) is 48.0 Å². The molecule has 0 unspecified atom stereocenters. The molecule has 0 aliphatic heterocycles. The molecular weight excluding hydrogens is 408 g/mol. The fourth-order valence-electron chi connectivity index (χ4n) is 2.46. The van der Waals surface area contributed by atoms with Gasteiger partial charge >= 0.3 is 6.01 Å². The summed E-state index contributed by atoms with van der Waals surface area (Å²) in [6.07, 6.45) is 3.47. The lowest BCUT2D eigenvalue weighted by atomic mass is 10.2. The first-order valence-corrected chi connectivity index (χ1v) is 9.04. The van der Waals surface area contributed by atoms with Gasteiger partial charge in [0, 0.05) is 22.6 Å². The summed E-state index contributed by atoms with van der Waals surface area (Å²) in [7, 11) is 0. The number of anilines is 2. The van der Waals surface area contributed by atoms with Gasteiger partial charge in [-0.2, -0.15) is 0 Å². The maximum absolute atomic E-state index is 5.96. The third kappa shape index (κ3) is 4.32. The van der Waals surface area contributed by atoms with Crippen molar-refractivity contribution in [2.45, 2.75) is 6.61 Å². The molecule has 4 rings (SSSR count). The number of aromatic nitrogens is 3. The van der Waals surface area contributed by atoms with Crippen molar-refractivity contribution < 1.29 is 9.15 Å². The molecule has 7 heteroatoms. The first-order valence-electron chi connectivity index (χ1n) is 8.25. The van der Waals surface area contributed by atoms with Crippen molar-refractivity contribution in [3.63, 3.8) is 0 Å². The van der Waals surface area contributed by atoms with Crippen molar-refractivity contribution in [2.24, 2.45) is 0 Å². The van der Waals surface area contributed by atoms with Crippen LogP contribution in [0.5, 0.6) is 5.75 Å². The van der Waals surface area contributed by atoms with E-state index in [1.807, 2.05) is 60.7 Å². The van der Waals surface area contributed by atoms with Crippen LogP contribution in [0, 0.1) is 0 Å². The zero-order valence-corrected chi connectivity index (χ0v) is 15.8. The van der Waals surface area contributed by atoms with E-state index in [1.165, 1.54) is 0 Å². The Morgan fingerprint density at radius 1 is 0.963 bits per heavy atom. The van der Waals surface area contributed by atoms with Crippen molar-refractivity contribution in [2.75, 3.05) is 5.32 Å². The molecule has 0 aliphatic carbocycles. The van der Waals surface area contributed by atoms with Gasteiger partial charge in [-0.25, -0.2) is 0 Å². The summed E-state index contributed by atoms with van der Waals surface area (Å²) < 4.78 is 12.6. The molecule has 2 heterocycles. The van der Waals surface area contributed by atoms with Crippen LogP contribution in [0.3, 0.4) is 0 Å². The Bertz CT molecular complexity index is 1020. The third-order valence-corrected chi connectivity index (χ3v) is 4.26. The number of pyridine rings is 1. The number of nitrogens with zero attached hydrogens (tertiary/aromatic N) is 3. The summed E-state index contributed by atoms with van der Waals surface area (Å²) in [5.41, 5.74) is 2.61. The molecule has 27 heavy (non-hydrogen) atoms. The van der Waals surface area contributed by atoms with Gasteiger partial charge in [0.25, 0.3) is 5.89 Å². The summed E-state index contributed by atoms with van der Waals surface area (Å²) >= 11 is 3.48. The van der Waals surface area contributed by atoms with Gasteiger partial charge in [-0.3, -0.25) is 4.98 Å². The number of hydrogen-bond acceptors (Lipinski definition) is 6. The minimum absolute atomic E-state index is 0.316. The molecule has 0 saturated carbocycles. The van der Waals surface area contributed by atoms with Crippen molar-refractivity contribution >= 4 is 27.6 Å². The lowest BCUT2D eigenvalue weighted by molar-refractivity contribution is 0.306. The predicted molar refractivity (Wildman–Crippen MR) is 106 cm³/mol. The average molecular weight is 423 g/mol. The van der Waals surface area contributed by atoms with E-state index in [4.69, 9.17) is 9.15 Å². The van der Waals surface area contributed by atoms with Crippen LogP contribution in [0.4, 0.5) is 11.7 Å². The van der Waals surface area contributed by atoms with Gasteiger partial charge in [0.15, 0.2) is 0 Å². The fourth-order valence-corrected chi connectivity index (χ4v) is 2.82. The van der Waals surface area contributed by atoms with Crippen molar-refractivity contribution in [1.82, 2.24) is 15.2 Å². The van der Waals surface area contributed by atoms with Crippen LogP contribution in [0.1, 0.15) is 5.56 Å². The molecule has 4 aromatic rings. The molecule has 134 valence electrons. The maximum atomic E-state index is 5.96. The second kappa shape index (κ2) is 8.01. The molecule has 1 N–H and O–H groups in total. The first-order chi connectivity index (χ1) is 13.3. The molecule has 6 nitrogen and oxygen atoms in total. The second-order valence-corrected chi connectivity index (χ2v) is 6.60. The largest absolute Gasteiger partial charge is 0.488 e. The monoisotopic (exact) mass is 422 g/mol. The van der Waals surface area contributed by atoms with Gasteiger partial charge in [-0.15, -0.1) is 5.10 Å². The zero-order chi connectivity index (χ0) is 18.5. The van der Waals surface area contributed by atoms with Gasteiger partial charge in [0.2, 0.25) is 0 Å². The van der Waals surface area contributed by atoms with Gasteiger partial charge in [-0.1, -0.05) is 39.2 Å². The smallest absolute Gasteiger partial charge is 0.320 e. The zero-order valence-electron chi connectivity index (χ0n) is 14.2. The highest BCUT2D eigenvalue weighted by Gasteiger charge is 2.15. The van der Waals surface area contributed by atoms with Crippen LogP contribution in [-0.4, -0.2) is 15.2 Å². The van der Waals surface area contributed by atoms with E-state index in [2.05, 4.69) is 36.4 Å². The van der Waals surface area contributed by atoms with E-state index < -0.39 is 0 Å². The lowest BCUT2D eigenvalue weighted by Crippen LogP contribution is -1.97. The number of nitrogens with one attached hydrogen (secondary N) is 1. The fraction of sp³-hybridized carbons (Fsp3) is 0.0500. The number of para-hydroxylation sites is 1. The molecule has 0 saturated heterocycles. The molecule has 0 amide bonds. The highest BCUT2D eigenvalue weighted by atomic mass is 79.9. The van der Waals surface area contributed by atoms with Crippen LogP contribution in [-0.2, 0) is 6.61 Å². The topological polar surface area (TPSA) is 73.1 Å². The van der Waals surface area contributed by atoms with E-state index in [1.54, 1.807) is 12.4 Å². The molecule has 2 aromatic carbocycles. The number of halogens is 1. The van der Waals surface area contributed by atoms with Crippen molar-refractivity contribution in [3.05, 3.63) is 83.1 Å². The van der Waals surface area contributed by atoms with E-state index in [-0.39, 0.29) is 0 Å². The van der Waals surface area contributed by atoms with Crippen LogP contribution in [0.25, 0.3) is 11.5 Å². The lowest BCUT2D eigenvalue weighted by Gasteiger charge is -2.10. The van der Waals surface area contributed by atoms with Crippen molar-refractivity contribution in [1.29, 1.82) is 0 Å². The van der Waals surface area contributed by atoms with E-state index in [0.29, 0.717) is 29.8 Å². The summed E-state index contributed by atoms with van der Waals surface area (Å²) in [5, 5.41) is 11.3. The van der Waals surface area contributed by atoms with Crippen LogP contribution in [0.2, 0.25) is 0 Å². The molecule has 0 bridgehead atoms. The van der Waals surface area contributed by atoms with Gasteiger partial charge < -0.3 is 14.5 Å². The average Bonchev–Trinajstić information content (AvgIpc) is 3.17. The SMILES string of the molecule is Brc1ccc(OCc2ccncc2)c(-c2nnc(Nc3ccccc3)o2)c1. The summed E-state index contributed by atoms with van der Waals surface area (Å²) in [6.45, 7) is 0.417. The maximum Gasteiger partial charge on any atom is 0.320 e. The third-order valence-electron chi connectivity index (χ3n) is 3.77. The Morgan fingerprint density at radius 3 is 2.59 bits per heavy atom. The first kappa shape index (κ1) is 17.2. The van der Waals surface area contributed by atoms with E-state index in [0.717, 1.165) is 15.7 Å². The van der Waals surface area contributed by atoms with Crippen LogP contribution in [0.15, 0.2) is 81.9 Å². The minimum atomic E-state index is 0.316. The Morgan fingerprint density at radius 2 is 1.78 bits per heavy atom. The minimum Gasteiger partial charge on any atom is -0.488 e. The number of hydrogen-bond donors (Lipinski definition) is 1. The number of rotatable bonds is 6. The highest BCUT2D eigenvalue weighted by Crippen LogP contribution is 2.33. The standard InChI is InChI=1S/C20H15BrN4O2/c21-15-6-7-18(26-13-14-8-10-22-11-9-14)17(12-15)19-24-25-20(27-19)23-16-4-2-1-3-5-16/h1-12H,13H2,(H,23,25).